The molecule has 1 amide bonds. The van der Waals surface area contributed by atoms with E-state index in [-0.39, 0.29) is 6.04 Å². The van der Waals surface area contributed by atoms with Gasteiger partial charge in [-0.2, -0.15) is 0 Å². The summed E-state index contributed by atoms with van der Waals surface area (Å²) in [5, 5.41) is 9.42. The first-order valence-corrected chi connectivity index (χ1v) is 10.1. The van der Waals surface area contributed by atoms with Crippen LogP contribution in [-0.2, 0) is 6.42 Å². The lowest BCUT2D eigenvalue weighted by atomic mass is 9.88. The standard InChI is InChI=1S/C16H15NO2.C7H13N/c18-16(19)17-11-10-12-6-4-5-9-14(12)15(17)13-7-2-1-3-8-13;1-4-8-5-2-7(1)3-6-8/h1-9,15H,10-11H2,(H,18,19);7H,1-6H2. The average Bonchev–Trinajstić information content (AvgIpc) is 2.75. The van der Waals surface area contributed by atoms with Gasteiger partial charge in [-0.15, -0.1) is 0 Å². The Labute approximate surface area is 161 Å². The lowest BCUT2D eigenvalue weighted by Gasteiger charge is -2.38. The SMILES string of the molecule is C1CN2CCC1CC2.O=C(O)N1CCc2ccccc2C1c1ccccc1. The van der Waals surface area contributed by atoms with Gasteiger partial charge in [0, 0.05) is 6.54 Å². The number of fused-ring (bicyclic) bond motifs is 4. The molecule has 0 spiro atoms. The highest BCUT2D eigenvalue weighted by Gasteiger charge is 2.31. The Morgan fingerprint density at radius 1 is 0.852 bits per heavy atom. The summed E-state index contributed by atoms with van der Waals surface area (Å²) in [6.07, 6.45) is 4.38. The predicted molar refractivity (Wildman–Crippen MR) is 107 cm³/mol. The van der Waals surface area contributed by atoms with Crippen LogP contribution in [0.15, 0.2) is 54.6 Å². The zero-order chi connectivity index (χ0) is 18.6. The Morgan fingerprint density at radius 3 is 2.04 bits per heavy atom. The molecule has 4 heterocycles. The summed E-state index contributed by atoms with van der Waals surface area (Å²) >= 11 is 0. The highest BCUT2D eigenvalue weighted by Crippen LogP contribution is 2.34. The van der Waals surface area contributed by atoms with Gasteiger partial charge in [-0.25, -0.2) is 4.79 Å². The number of nitrogens with zero attached hydrogens (tertiary/aromatic N) is 2. The van der Waals surface area contributed by atoms with Crippen molar-refractivity contribution in [3.8, 4) is 0 Å². The van der Waals surface area contributed by atoms with E-state index in [1.54, 1.807) is 0 Å². The second-order valence-corrected chi connectivity index (χ2v) is 7.81. The first-order valence-electron chi connectivity index (χ1n) is 10.1. The number of benzene rings is 2. The number of carboxylic acid groups (broad SMARTS) is 1. The molecular formula is C23H28N2O2. The summed E-state index contributed by atoms with van der Waals surface area (Å²) in [5.74, 6) is 1.11. The number of rotatable bonds is 1. The Bertz CT molecular complexity index is 746. The molecule has 0 saturated carbocycles. The molecule has 0 radical (unpaired) electrons. The van der Waals surface area contributed by atoms with Crippen LogP contribution in [0.4, 0.5) is 4.79 Å². The van der Waals surface area contributed by atoms with E-state index in [4.69, 9.17) is 0 Å². The van der Waals surface area contributed by atoms with Crippen molar-refractivity contribution in [2.45, 2.75) is 31.7 Å². The molecule has 2 bridgehead atoms. The van der Waals surface area contributed by atoms with Crippen molar-refractivity contribution in [1.29, 1.82) is 0 Å². The second-order valence-electron chi connectivity index (χ2n) is 7.81. The maximum absolute atomic E-state index is 11.5. The molecule has 4 aliphatic heterocycles. The monoisotopic (exact) mass is 364 g/mol. The molecular weight excluding hydrogens is 336 g/mol. The van der Waals surface area contributed by atoms with E-state index in [1.807, 2.05) is 48.5 Å². The molecule has 0 aromatic heterocycles. The Balaban J connectivity index is 0.000000186. The lowest BCUT2D eigenvalue weighted by Crippen LogP contribution is -2.41. The van der Waals surface area contributed by atoms with Gasteiger partial charge in [-0.1, -0.05) is 54.6 Å². The fourth-order valence-electron chi connectivity index (χ4n) is 4.63. The van der Waals surface area contributed by atoms with Crippen LogP contribution in [0.5, 0.6) is 0 Å². The van der Waals surface area contributed by atoms with E-state index in [2.05, 4.69) is 11.0 Å². The zero-order valence-corrected chi connectivity index (χ0v) is 15.8. The molecule has 3 fully saturated rings. The van der Waals surface area contributed by atoms with Crippen molar-refractivity contribution in [1.82, 2.24) is 9.80 Å². The summed E-state index contributed by atoms with van der Waals surface area (Å²) in [6, 6.07) is 17.7. The van der Waals surface area contributed by atoms with E-state index in [1.165, 1.54) is 49.4 Å². The van der Waals surface area contributed by atoms with Crippen LogP contribution >= 0.6 is 0 Å². The summed E-state index contributed by atoms with van der Waals surface area (Å²) in [5.41, 5.74) is 3.37. The highest BCUT2D eigenvalue weighted by atomic mass is 16.4. The smallest absolute Gasteiger partial charge is 0.408 e. The topological polar surface area (TPSA) is 43.8 Å². The van der Waals surface area contributed by atoms with Gasteiger partial charge in [0.2, 0.25) is 0 Å². The van der Waals surface area contributed by atoms with E-state index in [0.29, 0.717) is 6.54 Å². The van der Waals surface area contributed by atoms with E-state index >= 15 is 0 Å². The quantitative estimate of drug-likeness (QED) is 0.815. The summed E-state index contributed by atoms with van der Waals surface area (Å²) in [7, 11) is 0. The van der Waals surface area contributed by atoms with Gasteiger partial charge < -0.3 is 10.0 Å². The minimum atomic E-state index is -0.858. The largest absolute Gasteiger partial charge is 0.465 e. The molecule has 2 aromatic carbocycles. The van der Waals surface area contributed by atoms with Crippen molar-refractivity contribution in [2.24, 2.45) is 5.92 Å². The van der Waals surface area contributed by atoms with Crippen LogP contribution in [0.25, 0.3) is 0 Å². The van der Waals surface area contributed by atoms with Gasteiger partial charge in [0.25, 0.3) is 0 Å². The zero-order valence-electron chi connectivity index (χ0n) is 15.8. The molecule has 1 atom stereocenters. The van der Waals surface area contributed by atoms with Gasteiger partial charge in [0.1, 0.15) is 0 Å². The maximum atomic E-state index is 11.5. The number of hydrogen-bond donors (Lipinski definition) is 1. The van der Waals surface area contributed by atoms with E-state index in [0.717, 1.165) is 23.5 Å². The lowest BCUT2D eigenvalue weighted by molar-refractivity contribution is 0.111. The van der Waals surface area contributed by atoms with Crippen LogP contribution in [0.2, 0.25) is 0 Å². The molecule has 2 aromatic rings. The number of piperidine rings is 3. The van der Waals surface area contributed by atoms with Gasteiger partial charge in [-0.3, -0.25) is 4.90 Å². The van der Waals surface area contributed by atoms with Gasteiger partial charge >= 0.3 is 6.09 Å². The van der Waals surface area contributed by atoms with Gasteiger partial charge in [-0.05, 0) is 67.9 Å². The number of carbonyl (C=O) groups is 1. The first-order chi connectivity index (χ1) is 13.2. The number of hydrogen-bond acceptors (Lipinski definition) is 2. The maximum Gasteiger partial charge on any atom is 0.408 e. The van der Waals surface area contributed by atoms with Gasteiger partial charge in [0.15, 0.2) is 0 Å². The van der Waals surface area contributed by atoms with Crippen molar-refractivity contribution in [2.75, 3.05) is 26.2 Å². The molecule has 6 rings (SSSR count). The minimum Gasteiger partial charge on any atom is -0.465 e. The first kappa shape index (κ1) is 18.1. The molecule has 3 saturated heterocycles. The van der Waals surface area contributed by atoms with Crippen molar-refractivity contribution >= 4 is 6.09 Å². The molecule has 4 nitrogen and oxygen atoms in total. The molecule has 1 unspecified atom stereocenters. The van der Waals surface area contributed by atoms with Crippen molar-refractivity contribution < 1.29 is 9.90 Å². The molecule has 142 valence electrons. The van der Waals surface area contributed by atoms with E-state index in [9.17, 15) is 9.90 Å². The van der Waals surface area contributed by atoms with Crippen molar-refractivity contribution in [3.05, 3.63) is 71.3 Å². The molecule has 4 heteroatoms. The van der Waals surface area contributed by atoms with E-state index < -0.39 is 6.09 Å². The summed E-state index contributed by atoms with van der Waals surface area (Å²) in [4.78, 5) is 15.6. The van der Waals surface area contributed by atoms with Crippen LogP contribution in [-0.4, -0.2) is 47.2 Å². The molecule has 4 aliphatic rings. The van der Waals surface area contributed by atoms with Crippen LogP contribution in [0, 0.1) is 5.92 Å². The average molecular weight is 364 g/mol. The third kappa shape index (κ3) is 4.01. The molecule has 0 aliphatic carbocycles. The Morgan fingerprint density at radius 2 is 1.48 bits per heavy atom. The molecule has 1 N–H and O–H groups in total. The molecule has 27 heavy (non-hydrogen) atoms. The summed E-state index contributed by atoms with van der Waals surface area (Å²) < 4.78 is 0. The third-order valence-corrected chi connectivity index (χ3v) is 6.21. The fourth-order valence-corrected chi connectivity index (χ4v) is 4.63. The van der Waals surface area contributed by atoms with Crippen LogP contribution in [0.3, 0.4) is 0 Å². The summed E-state index contributed by atoms with van der Waals surface area (Å²) in [6.45, 7) is 4.73. The minimum absolute atomic E-state index is 0.191. The van der Waals surface area contributed by atoms with Gasteiger partial charge in [0.05, 0.1) is 6.04 Å². The Kier molecular flexibility index (Phi) is 5.44. The predicted octanol–water partition coefficient (Wildman–Crippen LogP) is 4.41. The second kappa shape index (κ2) is 8.13. The third-order valence-electron chi connectivity index (χ3n) is 6.21. The number of amides is 1. The highest BCUT2D eigenvalue weighted by molar-refractivity contribution is 5.67. The Hall–Kier alpha value is -2.33. The van der Waals surface area contributed by atoms with Crippen LogP contribution < -0.4 is 0 Å². The normalized spacial score (nSPS) is 25.9. The van der Waals surface area contributed by atoms with Crippen LogP contribution in [0.1, 0.15) is 42.0 Å². The van der Waals surface area contributed by atoms with Crippen molar-refractivity contribution in [3.63, 3.8) is 0 Å². The fraction of sp³-hybridized carbons (Fsp3) is 0.435.